The van der Waals surface area contributed by atoms with E-state index < -0.39 is 0 Å². The van der Waals surface area contributed by atoms with Gasteiger partial charge in [0.05, 0.1) is 5.02 Å². The summed E-state index contributed by atoms with van der Waals surface area (Å²) in [6.45, 7) is 1.54. The summed E-state index contributed by atoms with van der Waals surface area (Å²) in [4.78, 5) is 11.1. The van der Waals surface area contributed by atoms with Crippen LogP contribution in [0.25, 0.3) is 0 Å². The van der Waals surface area contributed by atoms with Gasteiger partial charge in [0, 0.05) is 13.0 Å². The molecule has 0 aliphatic heterocycles. The van der Waals surface area contributed by atoms with Crippen molar-refractivity contribution < 1.29 is 9.18 Å². The molecule has 0 aromatic heterocycles. The number of rotatable bonds is 2. The summed E-state index contributed by atoms with van der Waals surface area (Å²) in [6, 6.07) is 5.14. The summed E-state index contributed by atoms with van der Waals surface area (Å²) < 4.78 is 13.1. The highest BCUT2D eigenvalue weighted by Crippen LogP contribution is 2.34. The van der Waals surface area contributed by atoms with Crippen molar-refractivity contribution >= 4 is 17.5 Å². The average Bonchev–Trinajstić information content (AvgIpc) is 2.32. The number of hydrogen-bond acceptors (Lipinski definition) is 1. The average molecular weight is 270 g/mol. The molecule has 4 heteroatoms. The Bertz CT molecular complexity index is 449. The normalized spacial score (nSPS) is 23.7. The maximum Gasteiger partial charge on any atom is 0.217 e. The lowest BCUT2D eigenvalue weighted by Gasteiger charge is -2.29. The monoisotopic (exact) mass is 269 g/mol. The molecule has 2 atom stereocenters. The Kier molecular flexibility index (Phi) is 4.23. The van der Waals surface area contributed by atoms with Crippen LogP contribution in [0.1, 0.15) is 44.1 Å². The first-order valence-corrected chi connectivity index (χ1v) is 6.66. The molecule has 0 spiro atoms. The predicted molar refractivity (Wildman–Crippen MR) is 70.2 cm³/mol. The van der Waals surface area contributed by atoms with Crippen LogP contribution in [0, 0.1) is 5.82 Å². The van der Waals surface area contributed by atoms with Crippen molar-refractivity contribution in [3.63, 3.8) is 0 Å². The molecule has 1 saturated carbocycles. The van der Waals surface area contributed by atoms with Crippen LogP contribution >= 0.6 is 11.6 Å². The first kappa shape index (κ1) is 13.3. The van der Waals surface area contributed by atoms with E-state index in [0.717, 1.165) is 31.2 Å². The minimum absolute atomic E-state index is 0.0118. The largest absolute Gasteiger partial charge is 0.354 e. The minimum Gasteiger partial charge on any atom is -0.354 e. The molecule has 0 bridgehead atoms. The molecule has 0 radical (unpaired) electrons. The highest BCUT2D eigenvalue weighted by Gasteiger charge is 2.24. The fourth-order valence-electron chi connectivity index (χ4n) is 2.68. The predicted octanol–water partition coefficient (Wildman–Crippen LogP) is 3.64. The molecular formula is C14H17ClFNO. The van der Waals surface area contributed by atoms with Crippen molar-refractivity contribution in [2.45, 2.75) is 44.6 Å². The standard InChI is InChI=1S/C14H17ClFNO/c1-9(18)17-12-4-2-3-10(7-12)11-5-6-14(16)13(15)8-11/h5-6,8,10,12H,2-4,7H2,1H3,(H,17,18)/t10-,12+/m1/s1. The lowest BCUT2D eigenvalue weighted by atomic mass is 9.81. The van der Waals surface area contributed by atoms with Gasteiger partial charge in [-0.05, 0) is 42.9 Å². The maximum absolute atomic E-state index is 13.1. The lowest BCUT2D eigenvalue weighted by molar-refractivity contribution is -0.119. The van der Waals surface area contributed by atoms with Crippen LogP contribution in [0.3, 0.4) is 0 Å². The van der Waals surface area contributed by atoms with E-state index in [1.807, 2.05) is 0 Å². The summed E-state index contributed by atoms with van der Waals surface area (Å²) in [6.07, 6.45) is 4.06. The molecule has 0 saturated heterocycles. The Morgan fingerprint density at radius 1 is 1.44 bits per heavy atom. The summed E-state index contributed by atoms with van der Waals surface area (Å²) in [5, 5.41) is 3.14. The Labute approximate surface area is 112 Å². The maximum atomic E-state index is 13.1. The first-order chi connectivity index (χ1) is 8.56. The SMILES string of the molecule is CC(=O)N[C@H]1CCC[C@@H](c2ccc(F)c(Cl)c2)C1. The third-order valence-electron chi connectivity index (χ3n) is 3.50. The second kappa shape index (κ2) is 5.70. The Morgan fingerprint density at radius 3 is 2.89 bits per heavy atom. The fraction of sp³-hybridized carbons (Fsp3) is 0.500. The van der Waals surface area contributed by atoms with Gasteiger partial charge in [-0.2, -0.15) is 0 Å². The quantitative estimate of drug-likeness (QED) is 0.873. The van der Waals surface area contributed by atoms with E-state index in [2.05, 4.69) is 5.32 Å². The van der Waals surface area contributed by atoms with Crippen LogP contribution in [0.15, 0.2) is 18.2 Å². The van der Waals surface area contributed by atoms with Gasteiger partial charge in [-0.3, -0.25) is 4.79 Å². The van der Waals surface area contributed by atoms with Crippen LogP contribution < -0.4 is 5.32 Å². The second-order valence-corrected chi connectivity index (χ2v) is 5.34. The Morgan fingerprint density at radius 2 is 2.22 bits per heavy atom. The molecular weight excluding hydrogens is 253 g/mol. The van der Waals surface area contributed by atoms with E-state index in [1.54, 1.807) is 19.1 Å². The number of hydrogen-bond donors (Lipinski definition) is 1. The topological polar surface area (TPSA) is 29.1 Å². The van der Waals surface area contributed by atoms with Crippen LogP contribution in [-0.4, -0.2) is 11.9 Å². The Hall–Kier alpha value is -1.09. The van der Waals surface area contributed by atoms with Crippen molar-refractivity contribution in [3.8, 4) is 0 Å². The number of nitrogens with one attached hydrogen (secondary N) is 1. The van der Waals surface area contributed by atoms with Gasteiger partial charge in [-0.1, -0.05) is 24.1 Å². The van der Waals surface area contributed by atoms with E-state index >= 15 is 0 Å². The first-order valence-electron chi connectivity index (χ1n) is 6.28. The van der Waals surface area contributed by atoms with Crippen LogP contribution in [0.5, 0.6) is 0 Å². The van der Waals surface area contributed by atoms with Gasteiger partial charge in [-0.15, -0.1) is 0 Å². The van der Waals surface area contributed by atoms with Crippen molar-refractivity contribution in [1.82, 2.24) is 5.32 Å². The van der Waals surface area contributed by atoms with Gasteiger partial charge >= 0.3 is 0 Å². The highest BCUT2D eigenvalue weighted by molar-refractivity contribution is 6.30. The fourth-order valence-corrected chi connectivity index (χ4v) is 2.87. The third kappa shape index (κ3) is 3.22. The van der Waals surface area contributed by atoms with E-state index in [9.17, 15) is 9.18 Å². The zero-order valence-corrected chi connectivity index (χ0v) is 11.1. The van der Waals surface area contributed by atoms with Crippen molar-refractivity contribution in [2.24, 2.45) is 0 Å². The van der Waals surface area contributed by atoms with Crippen molar-refractivity contribution in [1.29, 1.82) is 0 Å². The number of amides is 1. The summed E-state index contributed by atoms with van der Waals surface area (Å²) in [7, 11) is 0. The van der Waals surface area contributed by atoms with E-state index in [4.69, 9.17) is 11.6 Å². The Balaban J connectivity index is 2.08. The summed E-state index contributed by atoms with van der Waals surface area (Å²) in [5.74, 6) is -0.0128. The molecule has 1 fully saturated rings. The molecule has 0 heterocycles. The minimum atomic E-state index is -0.380. The number of benzene rings is 1. The third-order valence-corrected chi connectivity index (χ3v) is 3.79. The molecule has 1 aromatic rings. The van der Waals surface area contributed by atoms with E-state index in [1.165, 1.54) is 6.07 Å². The molecule has 1 aliphatic carbocycles. The van der Waals surface area contributed by atoms with Gasteiger partial charge in [0.2, 0.25) is 5.91 Å². The van der Waals surface area contributed by atoms with Crippen LogP contribution in [-0.2, 0) is 4.79 Å². The summed E-state index contributed by atoms with van der Waals surface area (Å²) >= 11 is 5.81. The van der Waals surface area contributed by atoms with Gasteiger partial charge in [-0.25, -0.2) is 4.39 Å². The molecule has 1 amide bonds. The number of halogens is 2. The molecule has 2 nitrogen and oxygen atoms in total. The molecule has 98 valence electrons. The smallest absolute Gasteiger partial charge is 0.217 e. The van der Waals surface area contributed by atoms with E-state index in [0.29, 0.717) is 5.92 Å². The van der Waals surface area contributed by atoms with Crippen LogP contribution in [0.2, 0.25) is 5.02 Å². The summed E-state index contributed by atoms with van der Waals surface area (Å²) in [5.41, 5.74) is 1.07. The van der Waals surface area contributed by atoms with E-state index in [-0.39, 0.29) is 22.8 Å². The van der Waals surface area contributed by atoms with Crippen molar-refractivity contribution in [2.75, 3.05) is 0 Å². The highest BCUT2D eigenvalue weighted by atomic mass is 35.5. The second-order valence-electron chi connectivity index (χ2n) is 4.93. The zero-order valence-electron chi connectivity index (χ0n) is 10.4. The van der Waals surface area contributed by atoms with Gasteiger partial charge in [0.15, 0.2) is 0 Å². The number of carbonyl (C=O) groups excluding carboxylic acids is 1. The molecule has 1 N–H and O–H groups in total. The van der Waals surface area contributed by atoms with Gasteiger partial charge < -0.3 is 5.32 Å². The lowest BCUT2D eigenvalue weighted by Crippen LogP contribution is -2.36. The zero-order chi connectivity index (χ0) is 13.1. The van der Waals surface area contributed by atoms with Crippen LogP contribution in [0.4, 0.5) is 4.39 Å². The van der Waals surface area contributed by atoms with Gasteiger partial charge in [0.1, 0.15) is 5.82 Å². The number of carbonyl (C=O) groups is 1. The van der Waals surface area contributed by atoms with Gasteiger partial charge in [0.25, 0.3) is 0 Å². The molecule has 2 rings (SSSR count). The molecule has 1 aliphatic rings. The molecule has 18 heavy (non-hydrogen) atoms. The molecule has 0 unspecified atom stereocenters. The van der Waals surface area contributed by atoms with Crippen molar-refractivity contribution in [3.05, 3.63) is 34.6 Å². The molecule has 1 aromatic carbocycles.